The Morgan fingerprint density at radius 3 is 2.58 bits per heavy atom. The van der Waals surface area contributed by atoms with Gasteiger partial charge < -0.3 is 14.8 Å². The molecular formula is C17H20F3NO2S. The van der Waals surface area contributed by atoms with Crippen LogP contribution < -0.4 is 14.8 Å². The third-order valence-electron chi connectivity index (χ3n) is 3.47. The Kier molecular flexibility index (Phi) is 6.51. The first-order chi connectivity index (χ1) is 11.4. The Labute approximate surface area is 143 Å². The summed E-state index contributed by atoms with van der Waals surface area (Å²) >= 11 is 1.70. The maximum atomic E-state index is 12.3. The normalized spacial score (nSPS) is 12.9. The predicted octanol–water partition coefficient (Wildman–Crippen LogP) is 4.94. The van der Waals surface area contributed by atoms with E-state index >= 15 is 0 Å². The summed E-state index contributed by atoms with van der Waals surface area (Å²) in [5, 5.41) is 5.49. The van der Waals surface area contributed by atoms with Gasteiger partial charge in [0, 0.05) is 17.5 Å². The van der Waals surface area contributed by atoms with Gasteiger partial charge in [-0.25, -0.2) is 0 Å². The highest BCUT2D eigenvalue weighted by Crippen LogP contribution is 2.30. The van der Waals surface area contributed by atoms with Crippen LogP contribution in [0.15, 0.2) is 35.7 Å². The minimum Gasteiger partial charge on any atom is -0.493 e. The zero-order valence-corrected chi connectivity index (χ0v) is 14.3. The molecule has 1 aromatic carbocycles. The van der Waals surface area contributed by atoms with Crippen LogP contribution >= 0.6 is 11.3 Å². The average molecular weight is 359 g/mol. The van der Waals surface area contributed by atoms with Crippen molar-refractivity contribution in [3.63, 3.8) is 0 Å². The number of benzene rings is 1. The molecule has 132 valence electrons. The van der Waals surface area contributed by atoms with Crippen molar-refractivity contribution in [3.05, 3.63) is 46.2 Å². The number of halogens is 3. The molecule has 1 aromatic heterocycles. The number of methoxy groups -OCH3 is 1. The van der Waals surface area contributed by atoms with Crippen LogP contribution in [0.5, 0.6) is 11.5 Å². The number of nitrogens with one attached hydrogen (secondary N) is 1. The fourth-order valence-electron chi connectivity index (χ4n) is 2.28. The minimum atomic E-state index is -4.37. The lowest BCUT2D eigenvalue weighted by Gasteiger charge is -2.17. The first-order valence-electron chi connectivity index (χ1n) is 7.56. The van der Waals surface area contributed by atoms with Crippen LogP contribution in [0.2, 0.25) is 0 Å². The van der Waals surface area contributed by atoms with Crippen molar-refractivity contribution < 1.29 is 22.6 Å². The van der Waals surface area contributed by atoms with Gasteiger partial charge in [0.15, 0.2) is 18.1 Å². The van der Waals surface area contributed by atoms with E-state index in [2.05, 4.69) is 18.3 Å². The molecule has 0 aliphatic heterocycles. The van der Waals surface area contributed by atoms with Gasteiger partial charge in [-0.1, -0.05) is 19.1 Å². The third-order valence-corrected chi connectivity index (χ3v) is 4.45. The molecule has 1 N–H and O–H groups in total. The Hall–Kier alpha value is -1.73. The maximum absolute atomic E-state index is 12.3. The summed E-state index contributed by atoms with van der Waals surface area (Å²) in [6.07, 6.45) is -3.43. The molecule has 2 rings (SSSR count). The second kappa shape index (κ2) is 8.39. The first kappa shape index (κ1) is 18.6. The van der Waals surface area contributed by atoms with Gasteiger partial charge in [0.05, 0.1) is 7.11 Å². The second-order valence-corrected chi connectivity index (χ2v) is 6.23. The van der Waals surface area contributed by atoms with E-state index in [-0.39, 0.29) is 11.8 Å². The molecule has 7 heteroatoms. The van der Waals surface area contributed by atoms with Crippen molar-refractivity contribution in [2.24, 2.45) is 0 Å². The van der Waals surface area contributed by atoms with E-state index in [0.717, 1.165) is 12.0 Å². The molecule has 0 spiro atoms. The highest BCUT2D eigenvalue weighted by Gasteiger charge is 2.29. The molecule has 1 atom stereocenters. The van der Waals surface area contributed by atoms with Crippen LogP contribution in [0.4, 0.5) is 13.2 Å². The molecule has 1 heterocycles. The summed E-state index contributed by atoms with van der Waals surface area (Å²) in [6.45, 7) is 1.36. The Bertz CT molecular complexity index is 629. The fraction of sp³-hybridized carbons (Fsp3) is 0.412. The molecule has 1 unspecified atom stereocenters. The lowest BCUT2D eigenvalue weighted by Crippen LogP contribution is -2.20. The van der Waals surface area contributed by atoms with Crippen molar-refractivity contribution in [1.29, 1.82) is 0 Å². The van der Waals surface area contributed by atoms with E-state index in [9.17, 15) is 13.2 Å². The van der Waals surface area contributed by atoms with Gasteiger partial charge in [-0.15, -0.1) is 11.3 Å². The quantitative estimate of drug-likeness (QED) is 0.724. The molecular weight excluding hydrogens is 339 g/mol. The average Bonchev–Trinajstić information content (AvgIpc) is 3.07. The van der Waals surface area contributed by atoms with E-state index in [1.807, 2.05) is 11.4 Å². The van der Waals surface area contributed by atoms with Crippen LogP contribution in [0, 0.1) is 0 Å². The van der Waals surface area contributed by atoms with Gasteiger partial charge in [-0.05, 0) is 35.6 Å². The second-order valence-electron chi connectivity index (χ2n) is 5.25. The van der Waals surface area contributed by atoms with E-state index in [1.54, 1.807) is 23.5 Å². The van der Waals surface area contributed by atoms with E-state index in [0.29, 0.717) is 12.3 Å². The summed E-state index contributed by atoms with van der Waals surface area (Å²) in [6, 6.07) is 9.29. The van der Waals surface area contributed by atoms with E-state index < -0.39 is 12.8 Å². The molecule has 0 bridgehead atoms. The van der Waals surface area contributed by atoms with E-state index in [1.165, 1.54) is 18.1 Å². The molecule has 2 aromatic rings. The minimum absolute atomic E-state index is 0.0869. The monoisotopic (exact) mass is 359 g/mol. The van der Waals surface area contributed by atoms with Crippen molar-refractivity contribution in [1.82, 2.24) is 5.32 Å². The Balaban J connectivity index is 2.01. The smallest absolute Gasteiger partial charge is 0.422 e. The molecule has 0 fully saturated rings. The summed E-state index contributed by atoms with van der Waals surface area (Å²) in [4.78, 5) is 1.26. The molecule has 24 heavy (non-hydrogen) atoms. The number of thiophene rings is 1. The zero-order chi connectivity index (χ0) is 17.6. The van der Waals surface area contributed by atoms with E-state index in [4.69, 9.17) is 9.47 Å². The predicted molar refractivity (Wildman–Crippen MR) is 88.7 cm³/mol. The number of ether oxygens (including phenoxy) is 2. The molecule has 0 radical (unpaired) electrons. The topological polar surface area (TPSA) is 30.5 Å². The van der Waals surface area contributed by atoms with Crippen molar-refractivity contribution in [2.45, 2.75) is 32.1 Å². The van der Waals surface area contributed by atoms with Crippen molar-refractivity contribution >= 4 is 11.3 Å². The third kappa shape index (κ3) is 5.42. The van der Waals surface area contributed by atoms with Crippen LogP contribution in [0.1, 0.15) is 29.8 Å². The largest absolute Gasteiger partial charge is 0.493 e. The zero-order valence-electron chi connectivity index (χ0n) is 13.5. The van der Waals surface area contributed by atoms with Crippen molar-refractivity contribution in [3.8, 4) is 11.5 Å². The van der Waals surface area contributed by atoms with Gasteiger partial charge in [0.1, 0.15) is 0 Å². The maximum Gasteiger partial charge on any atom is 0.422 e. The van der Waals surface area contributed by atoms with Crippen LogP contribution in [-0.2, 0) is 6.54 Å². The number of hydrogen-bond acceptors (Lipinski definition) is 4. The van der Waals surface area contributed by atoms with Crippen molar-refractivity contribution in [2.75, 3.05) is 13.7 Å². The van der Waals surface area contributed by atoms with Gasteiger partial charge in [0.25, 0.3) is 0 Å². The molecule has 3 nitrogen and oxygen atoms in total. The highest BCUT2D eigenvalue weighted by atomic mass is 32.1. The van der Waals surface area contributed by atoms with Crippen LogP contribution in [0.3, 0.4) is 0 Å². The fourth-order valence-corrected chi connectivity index (χ4v) is 3.16. The summed E-state index contributed by atoms with van der Waals surface area (Å²) in [5.41, 5.74) is 0.918. The summed E-state index contributed by atoms with van der Waals surface area (Å²) in [5.74, 6) is 0.381. The lowest BCUT2D eigenvalue weighted by atomic mass is 10.1. The molecule has 0 saturated carbocycles. The number of alkyl halides is 3. The van der Waals surface area contributed by atoms with Gasteiger partial charge >= 0.3 is 6.18 Å². The van der Waals surface area contributed by atoms with Gasteiger partial charge in [-0.2, -0.15) is 13.2 Å². The van der Waals surface area contributed by atoms with Gasteiger partial charge in [-0.3, -0.25) is 0 Å². The summed E-state index contributed by atoms with van der Waals surface area (Å²) < 4.78 is 46.7. The van der Waals surface area contributed by atoms with Crippen LogP contribution in [-0.4, -0.2) is 19.9 Å². The van der Waals surface area contributed by atoms with Crippen LogP contribution in [0.25, 0.3) is 0 Å². The molecule has 0 amide bonds. The Morgan fingerprint density at radius 1 is 1.21 bits per heavy atom. The number of rotatable bonds is 8. The molecule has 0 aliphatic carbocycles. The first-order valence-corrected chi connectivity index (χ1v) is 8.44. The van der Waals surface area contributed by atoms with Gasteiger partial charge in [0.2, 0.25) is 0 Å². The summed E-state index contributed by atoms with van der Waals surface area (Å²) in [7, 11) is 1.41. The molecule has 0 aliphatic rings. The standard InChI is InChI=1S/C17H20F3NO2S/c1-3-13(16-5-4-8-24-16)21-10-12-6-7-14(15(9-12)22-2)23-11-17(18,19)20/h4-9,13,21H,3,10-11H2,1-2H3. The SMILES string of the molecule is CCC(NCc1ccc(OCC(F)(F)F)c(OC)c1)c1cccs1. The Morgan fingerprint density at radius 2 is 2.00 bits per heavy atom. The lowest BCUT2D eigenvalue weighted by molar-refractivity contribution is -0.153. The molecule has 0 saturated heterocycles. The highest BCUT2D eigenvalue weighted by molar-refractivity contribution is 7.10. The number of hydrogen-bond donors (Lipinski definition) is 1.